The van der Waals surface area contributed by atoms with Gasteiger partial charge in [0.25, 0.3) is 5.91 Å². The number of amides is 1. The molecule has 26 heavy (non-hydrogen) atoms. The normalized spacial score (nSPS) is 12.3. The van der Waals surface area contributed by atoms with Crippen LogP contribution in [0.2, 0.25) is 0 Å². The molecule has 2 aromatic rings. The standard InChI is InChI=1S/C20H24N2O3S/c1-3-15-21-26(24,25)19-13-11-18(12-14-19)20(23)22-16(2)9-10-17-7-5-4-6-8-17/h3-8,11-14,16,21H,1,9-10,15H2,2H3,(H,22,23)/t16-/m0/s1. The van der Waals surface area contributed by atoms with E-state index in [0.29, 0.717) is 5.56 Å². The zero-order valence-corrected chi connectivity index (χ0v) is 15.6. The van der Waals surface area contributed by atoms with Gasteiger partial charge >= 0.3 is 0 Å². The molecular weight excluding hydrogens is 348 g/mol. The van der Waals surface area contributed by atoms with Gasteiger partial charge in [0.1, 0.15) is 0 Å². The van der Waals surface area contributed by atoms with Crippen LogP contribution in [0.5, 0.6) is 0 Å². The maximum atomic E-state index is 12.3. The SMILES string of the molecule is C=CCNS(=O)(=O)c1ccc(C(=O)N[C@@H](C)CCc2ccccc2)cc1. The Bertz CT molecular complexity index is 831. The lowest BCUT2D eigenvalue weighted by atomic mass is 10.1. The van der Waals surface area contributed by atoms with Gasteiger partial charge in [-0.05, 0) is 49.6 Å². The van der Waals surface area contributed by atoms with Gasteiger partial charge in [-0.2, -0.15) is 0 Å². The third kappa shape index (κ3) is 5.82. The molecule has 0 heterocycles. The Morgan fingerprint density at radius 2 is 1.77 bits per heavy atom. The summed E-state index contributed by atoms with van der Waals surface area (Å²) in [6.07, 6.45) is 3.18. The van der Waals surface area contributed by atoms with Crippen molar-refractivity contribution in [2.24, 2.45) is 0 Å². The van der Waals surface area contributed by atoms with Crippen LogP contribution in [0.3, 0.4) is 0 Å². The number of hydrogen-bond donors (Lipinski definition) is 2. The maximum Gasteiger partial charge on any atom is 0.251 e. The first-order valence-electron chi connectivity index (χ1n) is 8.48. The van der Waals surface area contributed by atoms with Crippen LogP contribution in [-0.2, 0) is 16.4 Å². The first-order valence-corrected chi connectivity index (χ1v) is 9.96. The molecule has 0 spiro atoms. The van der Waals surface area contributed by atoms with E-state index < -0.39 is 10.0 Å². The summed E-state index contributed by atoms with van der Waals surface area (Å²) in [5.74, 6) is -0.214. The van der Waals surface area contributed by atoms with Crippen LogP contribution >= 0.6 is 0 Å². The van der Waals surface area contributed by atoms with Gasteiger partial charge in [-0.3, -0.25) is 4.79 Å². The minimum absolute atomic E-state index is 0.0142. The summed E-state index contributed by atoms with van der Waals surface area (Å²) in [5.41, 5.74) is 1.66. The van der Waals surface area contributed by atoms with Gasteiger partial charge in [0.15, 0.2) is 0 Å². The zero-order valence-electron chi connectivity index (χ0n) is 14.8. The summed E-state index contributed by atoms with van der Waals surface area (Å²) in [4.78, 5) is 12.4. The molecule has 1 atom stereocenters. The van der Waals surface area contributed by atoms with Crippen LogP contribution in [-0.4, -0.2) is 26.9 Å². The van der Waals surface area contributed by atoms with E-state index in [-0.39, 0.29) is 23.4 Å². The Morgan fingerprint density at radius 1 is 1.12 bits per heavy atom. The number of aryl methyl sites for hydroxylation is 1. The van der Waals surface area contributed by atoms with Gasteiger partial charge in [-0.1, -0.05) is 36.4 Å². The van der Waals surface area contributed by atoms with E-state index in [1.54, 1.807) is 0 Å². The lowest BCUT2D eigenvalue weighted by Gasteiger charge is -2.14. The molecule has 0 unspecified atom stereocenters. The molecule has 0 saturated carbocycles. The molecule has 0 aromatic heterocycles. The average molecular weight is 372 g/mol. The topological polar surface area (TPSA) is 75.3 Å². The fraction of sp³-hybridized carbons (Fsp3) is 0.250. The highest BCUT2D eigenvalue weighted by atomic mass is 32.2. The predicted molar refractivity (Wildman–Crippen MR) is 104 cm³/mol. The number of carbonyl (C=O) groups excluding carboxylic acids is 1. The highest BCUT2D eigenvalue weighted by molar-refractivity contribution is 7.89. The summed E-state index contributed by atoms with van der Waals surface area (Å²) < 4.78 is 26.4. The molecule has 0 bridgehead atoms. The highest BCUT2D eigenvalue weighted by Crippen LogP contribution is 2.11. The number of nitrogens with one attached hydrogen (secondary N) is 2. The maximum absolute atomic E-state index is 12.3. The fourth-order valence-corrected chi connectivity index (χ4v) is 3.44. The van der Waals surface area contributed by atoms with E-state index in [9.17, 15) is 13.2 Å². The Hall–Kier alpha value is -2.44. The van der Waals surface area contributed by atoms with Gasteiger partial charge in [-0.25, -0.2) is 13.1 Å². The minimum atomic E-state index is -3.58. The first kappa shape index (κ1) is 19.9. The molecule has 5 nitrogen and oxygen atoms in total. The minimum Gasteiger partial charge on any atom is -0.350 e. The Morgan fingerprint density at radius 3 is 2.38 bits per heavy atom. The van der Waals surface area contributed by atoms with Crippen molar-refractivity contribution in [1.29, 1.82) is 0 Å². The van der Waals surface area contributed by atoms with Crippen molar-refractivity contribution in [3.63, 3.8) is 0 Å². The largest absolute Gasteiger partial charge is 0.350 e. The summed E-state index contributed by atoms with van der Waals surface area (Å²) in [7, 11) is -3.58. The summed E-state index contributed by atoms with van der Waals surface area (Å²) >= 11 is 0. The number of rotatable bonds is 9. The third-order valence-electron chi connectivity index (χ3n) is 3.93. The lowest BCUT2D eigenvalue weighted by Crippen LogP contribution is -2.33. The van der Waals surface area contributed by atoms with Gasteiger partial charge in [0, 0.05) is 18.2 Å². The van der Waals surface area contributed by atoms with E-state index in [2.05, 4.69) is 28.8 Å². The number of sulfonamides is 1. The number of hydrogen-bond acceptors (Lipinski definition) is 3. The Kier molecular flexibility index (Phi) is 7.12. The van der Waals surface area contributed by atoms with Crippen molar-refractivity contribution in [3.05, 3.63) is 78.4 Å². The van der Waals surface area contributed by atoms with Crippen molar-refractivity contribution in [2.75, 3.05) is 6.54 Å². The molecule has 0 aliphatic carbocycles. The average Bonchev–Trinajstić information content (AvgIpc) is 2.65. The van der Waals surface area contributed by atoms with Crippen molar-refractivity contribution in [2.45, 2.75) is 30.7 Å². The highest BCUT2D eigenvalue weighted by Gasteiger charge is 2.15. The molecule has 0 saturated heterocycles. The monoisotopic (exact) mass is 372 g/mol. The van der Waals surface area contributed by atoms with E-state index in [4.69, 9.17) is 0 Å². The van der Waals surface area contributed by atoms with Gasteiger partial charge in [0.2, 0.25) is 10.0 Å². The molecule has 0 radical (unpaired) electrons. The van der Waals surface area contributed by atoms with Crippen molar-refractivity contribution < 1.29 is 13.2 Å². The van der Waals surface area contributed by atoms with E-state index in [0.717, 1.165) is 12.8 Å². The van der Waals surface area contributed by atoms with Crippen LogP contribution in [0.15, 0.2) is 72.1 Å². The van der Waals surface area contributed by atoms with Crippen LogP contribution in [0.4, 0.5) is 0 Å². The molecular formula is C20H24N2O3S. The Balaban J connectivity index is 1.91. The van der Waals surface area contributed by atoms with Gasteiger partial charge < -0.3 is 5.32 Å². The fourth-order valence-electron chi connectivity index (χ4n) is 2.44. The smallest absolute Gasteiger partial charge is 0.251 e. The van der Waals surface area contributed by atoms with Gasteiger partial charge in [0.05, 0.1) is 4.90 Å². The zero-order chi connectivity index (χ0) is 19.0. The second kappa shape index (κ2) is 9.31. The quantitative estimate of drug-likeness (QED) is 0.665. The number of carbonyl (C=O) groups is 1. The summed E-state index contributed by atoms with van der Waals surface area (Å²) in [5, 5.41) is 2.94. The molecule has 0 aliphatic heterocycles. The van der Waals surface area contributed by atoms with Crippen LogP contribution in [0, 0.1) is 0 Å². The van der Waals surface area contributed by atoms with Crippen molar-refractivity contribution in [1.82, 2.24) is 10.0 Å². The molecule has 2 N–H and O–H groups in total. The number of benzene rings is 2. The van der Waals surface area contributed by atoms with Crippen LogP contribution in [0.1, 0.15) is 29.3 Å². The first-order chi connectivity index (χ1) is 12.4. The summed E-state index contributed by atoms with van der Waals surface area (Å²) in [6.45, 7) is 5.59. The molecule has 2 aromatic carbocycles. The second-order valence-corrected chi connectivity index (χ2v) is 7.83. The molecule has 0 fully saturated rings. The molecule has 0 aliphatic rings. The van der Waals surface area contributed by atoms with Crippen molar-refractivity contribution >= 4 is 15.9 Å². The van der Waals surface area contributed by atoms with Crippen LogP contribution < -0.4 is 10.0 Å². The Labute approximate surface area is 155 Å². The predicted octanol–water partition coefficient (Wildman–Crippen LogP) is 2.90. The lowest BCUT2D eigenvalue weighted by molar-refractivity contribution is 0.0938. The third-order valence-corrected chi connectivity index (χ3v) is 5.37. The van der Waals surface area contributed by atoms with Crippen LogP contribution in [0.25, 0.3) is 0 Å². The molecule has 6 heteroatoms. The van der Waals surface area contributed by atoms with Crippen molar-refractivity contribution in [3.8, 4) is 0 Å². The van der Waals surface area contributed by atoms with E-state index in [1.807, 2.05) is 25.1 Å². The molecule has 138 valence electrons. The van der Waals surface area contributed by atoms with E-state index in [1.165, 1.54) is 35.9 Å². The second-order valence-electron chi connectivity index (χ2n) is 6.06. The summed E-state index contributed by atoms with van der Waals surface area (Å²) in [6, 6.07) is 16.0. The van der Waals surface area contributed by atoms with E-state index >= 15 is 0 Å². The molecule has 2 rings (SSSR count). The molecule has 1 amide bonds. The van der Waals surface area contributed by atoms with Gasteiger partial charge in [-0.15, -0.1) is 6.58 Å².